The molecule has 2 aromatic rings. The summed E-state index contributed by atoms with van der Waals surface area (Å²) in [5, 5.41) is 18.8. The Bertz CT molecular complexity index is 555. The van der Waals surface area contributed by atoms with E-state index in [1.807, 2.05) is 0 Å². The molecule has 0 saturated heterocycles. The summed E-state index contributed by atoms with van der Waals surface area (Å²) in [5.41, 5.74) is 1.14. The van der Waals surface area contributed by atoms with Gasteiger partial charge < -0.3 is 5.11 Å². The maximum atomic E-state index is 11.7. The number of aromatic carboxylic acids is 1. The molecule has 0 fully saturated rings. The molecule has 0 saturated carbocycles. The molecule has 2 aromatic heterocycles. The van der Waals surface area contributed by atoms with Crippen LogP contribution in [0.1, 0.15) is 20.8 Å². The summed E-state index contributed by atoms with van der Waals surface area (Å²) in [6, 6.07) is 2.76. The second-order valence-electron chi connectivity index (χ2n) is 2.90. The molecule has 0 bridgehead atoms. The third kappa shape index (κ3) is 2.42. The fourth-order valence-electron chi connectivity index (χ4n) is 1.14. The van der Waals surface area contributed by atoms with Gasteiger partial charge in [-0.1, -0.05) is 11.3 Å². The van der Waals surface area contributed by atoms with Crippen LogP contribution in [0.15, 0.2) is 23.8 Å². The van der Waals surface area contributed by atoms with E-state index in [1.165, 1.54) is 23.8 Å². The van der Waals surface area contributed by atoms with Crippen LogP contribution in [0, 0.1) is 0 Å². The van der Waals surface area contributed by atoms with Gasteiger partial charge in [-0.15, -0.1) is 10.2 Å². The number of nitrogens with zero attached hydrogens (tertiary/aromatic N) is 3. The third-order valence-electron chi connectivity index (χ3n) is 1.83. The van der Waals surface area contributed by atoms with Crippen molar-refractivity contribution in [2.45, 2.75) is 0 Å². The summed E-state index contributed by atoms with van der Waals surface area (Å²) in [4.78, 5) is 26.4. The van der Waals surface area contributed by atoms with Crippen LogP contribution in [0.5, 0.6) is 0 Å². The lowest BCUT2D eigenvalue weighted by atomic mass is 10.2. The fourth-order valence-corrected chi connectivity index (χ4v) is 1.58. The highest BCUT2D eigenvalue weighted by Crippen LogP contribution is 2.12. The SMILES string of the molecule is O=C(O)c1cccnc1C(=O)Nc1nncs1. The highest BCUT2D eigenvalue weighted by atomic mass is 32.1. The van der Waals surface area contributed by atoms with E-state index in [4.69, 9.17) is 5.11 Å². The van der Waals surface area contributed by atoms with Gasteiger partial charge in [-0.3, -0.25) is 15.1 Å². The standard InChI is InChI=1S/C9H6N4O3S/c14-7(12-9-13-11-4-17-9)6-5(8(15)16)2-1-3-10-6/h1-4H,(H,15,16)(H,12,13,14). The first kappa shape index (κ1) is 11.1. The predicted octanol–water partition coefficient (Wildman–Crippen LogP) is 0.884. The lowest BCUT2D eigenvalue weighted by Crippen LogP contribution is -2.18. The number of amides is 1. The topological polar surface area (TPSA) is 105 Å². The van der Waals surface area contributed by atoms with Gasteiger partial charge in [0.15, 0.2) is 0 Å². The Hall–Kier alpha value is -2.35. The molecule has 0 aliphatic rings. The van der Waals surface area contributed by atoms with Crippen LogP contribution in [0.3, 0.4) is 0 Å². The zero-order chi connectivity index (χ0) is 12.3. The number of aromatic nitrogens is 3. The monoisotopic (exact) mass is 250 g/mol. The first-order valence-corrected chi connectivity index (χ1v) is 5.32. The number of hydrogen-bond donors (Lipinski definition) is 2. The fraction of sp³-hybridized carbons (Fsp3) is 0. The van der Waals surface area contributed by atoms with Crippen molar-refractivity contribution in [1.29, 1.82) is 0 Å². The zero-order valence-corrected chi connectivity index (χ0v) is 9.14. The van der Waals surface area contributed by atoms with E-state index in [2.05, 4.69) is 20.5 Å². The normalized spacial score (nSPS) is 9.88. The lowest BCUT2D eigenvalue weighted by molar-refractivity contribution is 0.0691. The molecule has 0 aromatic carbocycles. The maximum absolute atomic E-state index is 11.7. The van der Waals surface area contributed by atoms with Crippen molar-refractivity contribution in [3.05, 3.63) is 35.1 Å². The number of carbonyl (C=O) groups is 2. The van der Waals surface area contributed by atoms with Crippen molar-refractivity contribution in [1.82, 2.24) is 15.2 Å². The molecule has 2 heterocycles. The minimum Gasteiger partial charge on any atom is -0.478 e. The molecule has 86 valence electrons. The van der Waals surface area contributed by atoms with Gasteiger partial charge >= 0.3 is 5.97 Å². The van der Waals surface area contributed by atoms with Gasteiger partial charge in [-0.2, -0.15) is 0 Å². The summed E-state index contributed by atoms with van der Waals surface area (Å²) in [6.07, 6.45) is 1.35. The summed E-state index contributed by atoms with van der Waals surface area (Å²) < 4.78 is 0. The summed E-state index contributed by atoms with van der Waals surface area (Å²) in [5.74, 6) is -1.83. The summed E-state index contributed by atoms with van der Waals surface area (Å²) >= 11 is 1.13. The number of rotatable bonds is 3. The molecule has 2 N–H and O–H groups in total. The minimum absolute atomic E-state index is 0.157. The Labute approximate surface area is 99.2 Å². The van der Waals surface area contributed by atoms with Gasteiger partial charge in [-0.25, -0.2) is 4.79 Å². The first-order valence-electron chi connectivity index (χ1n) is 4.44. The molecule has 0 atom stereocenters. The van der Waals surface area contributed by atoms with Crippen molar-refractivity contribution in [2.75, 3.05) is 5.32 Å². The Balaban J connectivity index is 2.28. The second kappa shape index (κ2) is 4.66. The molecule has 7 nitrogen and oxygen atoms in total. The lowest BCUT2D eigenvalue weighted by Gasteiger charge is -2.03. The number of carboxylic acid groups (broad SMARTS) is 1. The molecular weight excluding hydrogens is 244 g/mol. The summed E-state index contributed by atoms with van der Waals surface area (Å²) in [7, 11) is 0. The largest absolute Gasteiger partial charge is 0.478 e. The third-order valence-corrected chi connectivity index (χ3v) is 2.44. The highest BCUT2D eigenvalue weighted by molar-refractivity contribution is 7.13. The van der Waals surface area contributed by atoms with Crippen LogP contribution in [-0.2, 0) is 0 Å². The smallest absolute Gasteiger partial charge is 0.338 e. The van der Waals surface area contributed by atoms with Crippen molar-refractivity contribution in [2.24, 2.45) is 0 Å². The van der Waals surface area contributed by atoms with E-state index in [0.717, 1.165) is 11.3 Å². The van der Waals surface area contributed by atoms with Gasteiger partial charge in [0.2, 0.25) is 5.13 Å². The van der Waals surface area contributed by atoms with Gasteiger partial charge in [0.25, 0.3) is 5.91 Å². The van der Waals surface area contributed by atoms with Crippen molar-refractivity contribution in [3.8, 4) is 0 Å². The molecule has 2 rings (SSSR count). The molecule has 0 radical (unpaired) electrons. The van der Waals surface area contributed by atoms with Gasteiger partial charge in [0.1, 0.15) is 11.2 Å². The molecule has 0 aliphatic heterocycles. The summed E-state index contributed by atoms with van der Waals surface area (Å²) in [6.45, 7) is 0. The van der Waals surface area contributed by atoms with Crippen LogP contribution < -0.4 is 5.32 Å². The van der Waals surface area contributed by atoms with Crippen LogP contribution in [-0.4, -0.2) is 32.2 Å². The van der Waals surface area contributed by atoms with Crippen molar-refractivity contribution in [3.63, 3.8) is 0 Å². The number of nitrogens with one attached hydrogen (secondary N) is 1. The molecule has 17 heavy (non-hydrogen) atoms. The molecule has 8 heteroatoms. The quantitative estimate of drug-likeness (QED) is 0.837. The molecule has 0 aliphatic carbocycles. The minimum atomic E-state index is -1.21. The molecule has 0 unspecified atom stereocenters. The number of carbonyl (C=O) groups excluding carboxylic acids is 1. The maximum Gasteiger partial charge on any atom is 0.338 e. The van der Waals surface area contributed by atoms with E-state index in [9.17, 15) is 9.59 Å². The van der Waals surface area contributed by atoms with E-state index in [-0.39, 0.29) is 16.4 Å². The van der Waals surface area contributed by atoms with E-state index >= 15 is 0 Å². The number of anilines is 1. The zero-order valence-electron chi connectivity index (χ0n) is 8.32. The number of pyridine rings is 1. The Morgan fingerprint density at radius 1 is 1.41 bits per heavy atom. The van der Waals surface area contributed by atoms with Crippen LogP contribution in [0.4, 0.5) is 5.13 Å². The van der Waals surface area contributed by atoms with Crippen LogP contribution >= 0.6 is 11.3 Å². The van der Waals surface area contributed by atoms with Crippen molar-refractivity contribution < 1.29 is 14.7 Å². The van der Waals surface area contributed by atoms with E-state index < -0.39 is 11.9 Å². The van der Waals surface area contributed by atoms with E-state index in [1.54, 1.807) is 0 Å². The van der Waals surface area contributed by atoms with Gasteiger partial charge in [0, 0.05) is 6.20 Å². The molecule has 0 spiro atoms. The molecular formula is C9H6N4O3S. The second-order valence-corrected chi connectivity index (χ2v) is 3.74. The van der Waals surface area contributed by atoms with Crippen LogP contribution in [0.25, 0.3) is 0 Å². The average molecular weight is 250 g/mol. The van der Waals surface area contributed by atoms with Gasteiger partial charge in [0.05, 0.1) is 5.56 Å². The van der Waals surface area contributed by atoms with Crippen molar-refractivity contribution >= 4 is 28.3 Å². The number of carboxylic acids is 1. The van der Waals surface area contributed by atoms with Crippen LogP contribution in [0.2, 0.25) is 0 Å². The molecule has 1 amide bonds. The Morgan fingerprint density at radius 2 is 2.24 bits per heavy atom. The average Bonchev–Trinajstić information content (AvgIpc) is 2.81. The predicted molar refractivity (Wildman–Crippen MR) is 59.1 cm³/mol. The Kier molecular flexibility index (Phi) is 3.06. The highest BCUT2D eigenvalue weighted by Gasteiger charge is 2.18. The number of hydrogen-bond acceptors (Lipinski definition) is 6. The first-order chi connectivity index (χ1) is 8.18. The van der Waals surface area contributed by atoms with Gasteiger partial charge in [-0.05, 0) is 12.1 Å². The Morgan fingerprint density at radius 3 is 2.88 bits per heavy atom. The van der Waals surface area contributed by atoms with E-state index in [0.29, 0.717) is 0 Å².